The normalized spacial score (nSPS) is 12.2. The number of benzene rings is 2. The predicted octanol–water partition coefficient (Wildman–Crippen LogP) is 5.34. The summed E-state index contributed by atoms with van der Waals surface area (Å²) in [5.41, 5.74) is 2.70. The number of carbonyl (C=O) groups excluding carboxylic acids is 1. The molecule has 0 spiro atoms. The molecule has 172 valence electrons. The first kappa shape index (κ1) is 25.0. The van der Waals surface area contributed by atoms with Gasteiger partial charge in [0.2, 0.25) is 5.91 Å². The highest BCUT2D eigenvalue weighted by Gasteiger charge is 2.14. The lowest BCUT2D eigenvalue weighted by Gasteiger charge is -2.19. The first-order valence-electron chi connectivity index (χ1n) is 11.0. The van der Waals surface area contributed by atoms with Crippen LogP contribution in [0, 0.1) is 0 Å². The third-order valence-electron chi connectivity index (χ3n) is 5.18. The minimum absolute atomic E-state index is 0.0329. The van der Waals surface area contributed by atoms with E-state index in [1.54, 1.807) is 11.0 Å². The maximum Gasteiger partial charge on any atom is 0.303 e. The molecule has 0 radical (unpaired) electrons. The van der Waals surface area contributed by atoms with Gasteiger partial charge >= 0.3 is 5.97 Å². The van der Waals surface area contributed by atoms with Crippen LogP contribution in [0.5, 0.6) is 11.5 Å². The van der Waals surface area contributed by atoms with Crippen molar-refractivity contribution in [1.29, 1.82) is 0 Å². The first-order chi connectivity index (χ1) is 15.3. The number of allylic oxidation sites excluding steroid dienone is 1. The molecule has 1 unspecified atom stereocenters. The third kappa shape index (κ3) is 7.45. The number of rotatable bonds is 12. The average molecular weight is 440 g/mol. The zero-order chi connectivity index (χ0) is 23.5. The molecule has 0 bridgehead atoms. The lowest BCUT2D eigenvalue weighted by atomic mass is 10.1. The van der Waals surface area contributed by atoms with E-state index >= 15 is 0 Å². The second-order valence-electron chi connectivity index (χ2n) is 7.52. The Kier molecular flexibility index (Phi) is 9.79. The van der Waals surface area contributed by atoms with Crippen LogP contribution in [0.1, 0.15) is 57.8 Å². The summed E-state index contributed by atoms with van der Waals surface area (Å²) in [6.07, 6.45) is 1.86. The standard InChI is InChI=1S/C26H33NO5/c1-5-27(6-2)25(28)17-19(3)22-14-15-23(24(18-22)31-16-10-13-26(29)30)32-20(4)21-11-8-7-9-12-21/h7-9,11-12,14-15,17-18,20H,5-6,10,13,16H2,1-4H3,(H,29,30)/b19-17+. The Bertz CT molecular complexity index is 919. The summed E-state index contributed by atoms with van der Waals surface area (Å²) in [6.45, 7) is 9.32. The fourth-order valence-corrected chi connectivity index (χ4v) is 3.25. The molecule has 0 saturated carbocycles. The molecule has 0 saturated heterocycles. The van der Waals surface area contributed by atoms with Crippen LogP contribution in [0.4, 0.5) is 0 Å². The highest BCUT2D eigenvalue weighted by Crippen LogP contribution is 2.34. The summed E-state index contributed by atoms with van der Waals surface area (Å²) >= 11 is 0. The van der Waals surface area contributed by atoms with Crippen molar-refractivity contribution in [2.75, 3.05) is 19.7 Å². The van der Waals surface area contributed by atoms with Crippen LogP contribution in [0.15, 0.2) is 54.6 Å². The van der Waals surface area contributed by atoms with Gasteiger partial charge in [0.05, 0.1) is 6.61 Å². The number of aliphatic carboxylic acids is 1. The molecule has 0 heterocycles. The Labute approximate surface area is 190 Å². The number of likely N-dealkylation sites (N-methyl/N-ethyl adjacent to an activating group) is 1. The smallest absolute Gasteiger partial charge is 0.303 e. The summed E-state index contributed by atoms with van der Waals surface area (Å²) in [4.78, 5) is 25.0. The van der Waals surface area contributed by atoms with Gasteiger partial charge < -0.3 is 19.5 Å². The van der Waals surface area contributed by atoms with Crippen molar-refractivity contribution in [2.24, 2.45) is 0 Å². The lowest BCUT2D eigenvalue weighted by molar-refractivity contribution is -0.137. The van der Waals surface area contributed by atoms with E-state index < -0.39 is 5.97 Å². The van der Waals surface area contributed by atoms with Gasteiger partial charge in [-0.3, -0.25) is 9.59 Å². The van der Waals surface area contributed by atoms with Crippen LogP contribution in [0.25, 0.3) is 5.57 Å². The number of hydrogen-bond donors (Lipinski definition) is 1. The Hall–Kier alpha value is -3.28. The molecular formula is C26H33NO5. The molecule has 32 heavy (non-hydrogen) atoms. The Morgan fingerprint density at radius 3 is 2.38 bits per heavy atom. The summed E-state index contributed by atoms with van der Waals surface area (Å²) in [5.74, 6) is 0.210. The molecule has 6 nitrogen and oxygen atoms in total. The van der Waals surface area contributed by atoms with Crippen LogP contribution >= 0.6 is 0 Å². The van der Waals surface area contributed by atoms with Crippen LogP contribution in [-0.4, -0.2) is 41.6 Å². The van der Waals surface area contributed by atoms with Gasteiger partial charge in [0.15, 0.2) is 11.5 Å². The van der Waals surface area contributed by atoms with Gasteiger partial charge in [0.25, 0.3) is 0 Å². The molecule has 0 aromatic heterocycles. The minimum atomic E-state index is -0.856. The van der Waals surface area contributed by atoms with Crippen molar-refractivity contribution in [2.45, 2.75) is 46.6 Å². The largest absolute Gasteiger partial charge is 0.490 e. The second-order valence-corrected chi connectivity index (χ2v) is 7.52. The van der Waals surface area contributed by atoms with Crippen LogP contribution in [0.2, 0.25) is 0 Å². The van der Waals surface area contributed by atoms with E-state index in [9.17, 15) is 9.59 Å². The number of amides is 1. The van der Waals surface area contributed by atoms with E-state index in [4.69, 9.17) is 14.6 Å². The van der Waals surface area contributed by atoms with E-state index in [1.165, 1.54) is 0 Å². The van der Waals surface area contributed by atoms with Gasteiger partial charge in [-0.1, -0.05) is 36.4 Å². The second kappa shape index (κ2) is 12.5. The third-order valence-corrected chi connectivity index (χ3v) is 5.18. The van der Waals surface area contributed by atoms with Crippen LogP contribution < -0.4 is 9.47 Å². The molecule has 6 heteroatoms. The minimum Gasteiger partial charge on any atom is -0.490 e. The maximum atomic E-state index is 12.5. The summed E-state index contributed by atoms with van der Waals surface area (Å²) in [5, 5.41) is 8.87. The molecule has 0 aliphatic rings. The fraction of sp³-hybridized carbons (Fsp3) is 0.385. The monoisotopic (exact) mass is 439 g/mol. The molecule has 1 atom stereocenters. The Morgan fingerprint density at radius 1 is 1.06 bits per heavy atom. The topological polar surface area (TPSA) is 76.1 Å². The van der Waals surface area contributed by atoms with Crippen molar-refractivity contribution in [3.8, 4) is 11.5 Å². The highest BCUT2D eigenvalue weighted by molar-refractivity contribution is 5.95. The van der Waals surface area contributed by atoms with Crippen LogP contribution in [-0.2, 0) is 9.59 Å². The number of carbonyl (C=O) groups is 2. The lowest BCUT2D eigenvalue weighted by Crippen LogP contribution is -2.28. The molecule has 0 fully saturated rings. The summed E-state index contributed by atoms with van der Waals surface area (Å²) < 4.78 is 12.1. The molecule has 2 rings (SSSR count). The van der Waals surface area contributed by atoms with E-state index in [0.717, 1.165) is 16.7 Å². The summed E-state index contributed by atoms with van der Waals surface area (Å²) in [6, 6.07) is 15.5. The number of carboxylic acids is 1. The number of ether oxygens (including phenoxy) is 2. The van der Waals surface area contributed by atoms with E-state index in [1.807, 2.05) is 76.2 Å². The summed E-state index contributed by atoms with van der Waals surface area (Å²) in [7, 11) is 0. The zero-order valence-electron chi connectivity index (χ0n) is 19.3. The van der Waals surface area contributed by atoms with Crippen LogP contribution in [0.3, 0.4) is 0 Å². The van der Waals surface area contributed by atoms with Gasteiger partial charge in [-0.25, -0.2) is 0 Å². The molecule has 0 aliphatic heterocycles. The molecular weight excluding hydrogens is 406 g/mol. The van der Waals surface area contributed by atoms with Gasteiger partial charge in [-0.15, -0.1) is 0 Å². The van der Waals surface area contributed by atoms with E-state index in [-0.39, 0.29) is 25.0 Å². The molecule has 1 N–H and O–H groups in total. The highest BCUT2D eigenvalue weighted by atomic mass is 16.5. The van der Waals surface area contributed by atoms with Crippen molar-refractivity contribution < 1.29 is 24.2 Å². The van der Waals surface area contributed by atoms with Gasteiger partial charge in [-0.2, -0.15) is 0 Å². The van der Waals surface area contributed by atoms with Crippen molar-refractivity contribution in [3.05, 3.63) is 65.7 Å². The van der Waals surface area contributed by atoms with Gasteiger partial charge in [0.1, 0.15) is 6.10 Å². The number of nitrogens with zero attached hydrogens (tertiary/aromatic N) is 1. The zero-order valence-corrected chi connectivity index (χ0v) is 19.3. The van der Waals surface area contributed by atoms with Crippen molar-refractivity contribution >= 4 is 17.4 Å². The molecule has 0 aliphatic carbocycles. The van der Waals surface area contributed by atoms with E-state index in [2.05, 4.69) is 0 Å². The Morgan fingerprint density at radius 2 is 1.75 bits per heavy atom. The van der Waals surface area contributed by atoms with Crippen molar-refractivity contribution in [3.63, 3.8) is 0 Å². The number of hydrogen-bond acceptors (Lipinski definition) is 4. The predicted molar refractivity (Wildman–Crippen MR) is 126 cm³/mol. The van der Waals surface area contributed by atoms with Gasteiger partial charge in [0, 0.05) is 25.6 Å². The molecule has 1 amide bonds. The van der Waals surface area contributed by atoms with E-state index in [0.29, 0.717) is 31.0 Å². The quantitative estimate of drug-likeness (QED) is 0.357. The SMILES string of the molecule is CCN(CC)C(=O)/C=C(\C)c1ccc(OC(C)c2ccccc2)c(OCCCC(=O)O)c1. The number of carboxylic acid groups (broad SMARTS) is 1. The molecule has 2 aromatic rings. The maximum absolute atomic E-state index is 12.5. The molecule has 2 aromatic carbocycles. The first-order valence-corrected chi connectivity index (χ1v) is 11.0. The van der Waals surface area contributed by atoms with Crippen molar-refractivity contribution in [1.82, 2.24) is 4.90 Å². The van der Waals surface area contributed by atoms with Gasteiger partial charge in [-0.05, 0) is 62.9 Å². The fourth-order valence-electron chi connectivity index (χ4n) is 3.25. The Balaban J connectivity index is 2.26. The average Bonchev–Trinajstić information content (AvgIpc) is 2.78.